The minimum Gasteiger partial charge on any atom is -0.393 e. The van der Waals surface area contributed by atoms with Gasteiger partial charge >= 0.3 is 0 Å². The van der Waals surface area contributed by atoms with Crippen LogP contribution in [-0.4, -0.2) is 23.2 Å². The van der Waals surface area contributed by atoms with Crippen molar-refractivity contribution in [2.45, 2.75) is 31.8 Å². The van der Waals surface area contributed by atoms with Gasteiger partial charge in [-0.1, -0.05) is 6.08 Å². The van der Waals surface area contributed by atoms with Gasteiger partial charge in [0.1, 0.15) is 0 Å². The molecule has 0 heterocycles. The molecule has 1 nitrogen and oxygen atoms in total. The molecule has 0 aliphatic rings. The smallest absolute Gasteiger partial charge is 0.0548 e. The van der Waals surface area contributed by atoms with Gasteiger partial charge in [0.25, 0.3) is 0 Å². The summed E-state index contributed by atoms with van der Waals surface area (Å²) in [6.45, 7) is 3.63. The molecular weight excluding hydrogens is 156 g/mol. The van der Waals surface area contributed by atoms with Crippen molar-refractivity contribution in [3.8, 4) is 0 Å². The van der Waals surface area contributed by atoms with E-state index in [1.807, 2.05) is 6.08 Å². The Kier molecular flexibility index (Phi) is 8.19. The summed E-state index contributed by atoms with van der Waals surface area (Å²) in [6, 6.07) is 0. The maximum absolute atomic E-state index is 9.36. The van der Waals surface area contributed by atoms with Crippen molar-refractivity contribution in [1.82, 2.24) is 0 Å². The lowest BCUT2D eigenvalue weighted by molar-refractivity contribution is 0.159. The lowest BCUT2D eigenvalue weighted by Gasteiger charge is -2.07. The highest BCUT2D eigenvalue weighted by atomic mass is 32.2. The molecule has 0 saturated carbocycles. The van der Waals surface area contributed by atoms with Crippen molar-refractivity contribution >= 4 is 11.8 Å². The van der Waals surface area contributed by atoms with Crippen LogP contribution >= 0.6 is 11.8 Å². The van der Waals surface area contributed by atoms with Crippen LogP contribution in [0.2, 0.25) is 0 Å². The van der Waals surface area contributed by atoms with Gasteiger partial charge in [-0.05, 0) is 37.7 Å². The molecule has 0 bridgehead atoms. The van der Waals surface area contributed by atoms with Crippen molar-refractivity contribution in [2.24, 2.45) is 0 Å². The van der Waals surface area contributed by atoms with E-state index in [1.54, 1.807) is 11.8 Å². The molecule has 1 N–H and O–H groups in total. The molecule has 0 amide bonds. The predicted octanol–water partition coefficient (Wildman–Crippen LogP) is 2.46. The molecule has 0 aromatic rings. The van der Waals surface area contributed by atoms with Crippen molar-refractivity contribution in [3.05, 3.63) is 12.7 Å². The van der Waals surface area contributed by atoms with Crippen LogP contribution in [0.5, 0.6) is 0 Å². The molecule has 66 valence electrons. The van der Waals surface area contributed by atoms with Crippen LogP contribution in [0.25, 0.3) is 0 Å². The van der Waals surface area contributed by atoms with E-state index in [-0.39, 0.29) is 6.10 Å². The van der Waals surface area contributed by atoms with Crippen molar-refractivity contribution in [3.63, 3.8) is 0 Å². The second-order valence-corrected chi connectivity index (χ2v) is 3.64. The molecule has 0 aromatic heterocycles. The van der Waals surface area contributed by atoms with Gasteiger partial charge in [-0.2, -0.15) is 11.8 Å². The van der Waals surface area contributed by atoms with Gasteiger partial charge in [0.05, 0.1) is 6.10 Å². The Morgan fingerprint density at radius 1 is 1.55 bits per heavy atom. The van der Waals surface area contributed by atoms with Crippen molar-refractivity contribution in [2.75, 3.05) is 12.0 Å². The van der Waals surface area contributed by atoms with E-state index in [0.717, 1.165) is 31.4 Å². The van der Waals surface area contributed by atoms with Crippen LogP contribution in [0.1, 0.15) is 25.7 Å². The van der Waals surface area contributed by atoms with Crippen LogP contribution in [-0.2, 0) is 0 Å². The molecule has 0 fully saturated rings. The molecule has 0 radical (unpaired) electrons. The van der Waals surface area contributed by atoms with E-state index in [2.05, 4.69) is 12.8 Å². The molecule has 0 aliphatic heterocycles. The summed E-state index contributed by atoms with van der Waals surface area (Å²) in [4.78, 5) is 0. The molecule has 0 saturated heterocycles. The second-order valence-electron chi connectivity index (χ2n) is 2.65. The van der Waals surface area contributed by atoms with E-state index >= 15 is 0 Å². The fraction of sp³-hybridized carbons (Fsp3) is 0.778. The summed E-state index contributed by atoms with van der Waals surface area (Å²) in [6.07, 6.45) is 7.82. The monoisotopic (exact) mass is 174 g/mol. The average Bonchev–Trinajstić information content (AvgIpc) is 2.01. The maximum atomic E-state index is 9.36. The van der Waals surface area contributed by atoms with E-state index in [0.29, 0.717) is 0 Å². The zero-order chi connectivity index (χ0) is 8.53. The quantitative estimate of drug-likeness (QED) is 0.472. The zero-order valence-electron chi connectivity index (χ0n) is 7.25. The Labute approximate surface area is 73.9 Å². The summed E-state index contributed by atoms with van der Waals surface area (Å²) >= 11 is 1.79. The van der Waals surface area contributed by atoms with Crippen molar-refractivity contribution in [1.29, 1.82) is 0 Å². The van der Waals surface area contributed by atoms with Gasteiger partial charge in [0.15, 0.2) is 0 Å². The molecule has 0 rings (SSSR count). The molecule has 11 heavy (non-hydrogen) atoms. The Morgan fingerprint density at radius 2 is 2.27 bits per heavy atom. The first-order valence-corrected chi connectivity index (χ1v) is 5.48. The highest BCUT2D eigenvalue weighted by Crippen LogP contribution is 2.07. The van der Waals surface area contributed by atoms with Gasteiger partial charge in [-0.15, -0.1) is 6.58 Å². The van der Waals surface area contributed by atoms with Crippen LogP contribution < -0.4 is 0 Å². The standard InChI is InChI=1S/C9H18OS/c1-3-4-5-6-9(10)7-8-11-2/h3,9-10H,1,4-8H2,2H3. The molecule has 0 aliphatic carbocycles. The molecule has 0 aromatic carbocycles. The number of aliphatic hydroxyl groups excluding tert-OH is 1. The summed E-state index contributed by atoms with van der Waals surface area (Å²) in [5.41, 5.74) is 0. The van der Waals surface area contributed by atoms with Gasteiger partial charge in [0.2, 0.25) is 0 Å². The molecule has 0 spiro atoms. The summed E-state index contributed by atoms with van der Waals surface area (Å²) in [5.74, 6) is 1.06. The van der Waals surface area contributed by atoms with Gasteiger partial charge < -0.3 is 5.11 Å². The van der Waals surface area contributed by atoms with Crippen LogP contribution in [0.15, 0.2) is 12.7 Å². The number of thioether (sulfide) groups is 1. The number of hydrogen-bond donors (Lipinski definition) is 1. The third kappa shape index (κ3) is 7.95. The largest absolute Gasteiger partial charge is 0.393 e. The number of hydrogen-bond acceptors (Lipinski definition) is 2. The Morgan fingerprint density at radius 3 is 2.82 bits per heavy atom. The van der Waals surface area contributed by atoms with E-state index in [4.69, 9.17) is 0 Å². The van der Waals surface area contributed by atoms with Crippen LogP contribution in [0.3, 0.4) is 0 Å². The average molecular weight is 174 g/mol. The first kappa shape index (κ1) is 11.1. The second kappa shape index (κ2) is 8.15. The molecule has 1 unspecified atom stereocenters. The number of unbranched alkanes of at least 4 members (excludes halogenated alkanes) is 1. The Bertz CT molecular complexity index is 93.6. The normalized spacial score (nSPS) is 12.9. The predicted molar refractivity (Wildman–Crippen MR) is 53.1 cm³/mol. The topological polar surface area (TPSA) is 20.2 Å². The first-order valence-electron chi connectivity index (χ1n) is 4.09. The number of aliphatic hydroxyl groups is 1. The Balaban J connectivity index is 3.08. The van der Waals surface area contributed by atoms with Gasteiger partial charge in [-0.3, -0.25) is 0 Å². The fourth-order valence-electron chi connectivity index (χ4n) is 0.896. The highest BCUT2D eigenvalue weighted by molar-refractivity contribution is 7.98. The van der Waals surface area contributed by atoms with Crippen LogP contribution in [0.4, 0.5) is 0 Å². The van der Waals surface area contributed by atoms with Crippen LogP contribution in [0, 0.1) is 0 Å². The SMILES string of the molecule is C=CCCCC(O)CCSC. The Hall–Kier alpha value is 0.0500. The summed E-state index contributed by atoms with van der Waals surface area (Å²) < 4.78 is 0. The lowest BCUT2D eigenvalue weighted by atomic mass is 10.1. The summed E-state index contributed by atoms with van der Waals surface area (Å²) in [7, 11) is 0. The minimum absolute atomic E-state index is 0.0950. The lowest BCUT2D eigenvalue weighted by Crippen LogP contribution is -2.06. The highest BCUT2D eigenvalue weighted by Gasteiger charge is 2.01. The fourth-order valence-corrected chi connectivity index (χ4v) is 1.40. The molecule has 2 heteroatoms. The zero-order valence-corrected chi connectivity index (χ0v) is 8.07. The van der Waals surface area contributed by atoms with Gasteiger partial charge in [0, 0.05) is 0 Å². The van der Waals surface area contributed by atoms with E-state index < -0.39 is 0 Å². The minimum atomic E-state index is -0.0950. The molecular formula is C9H18OS. The van der Waals surface area contributed by atoms with E-state index in [9.17, 15) is 5.11 Å². The number of allylic oxidation sites excluding steroid dienone is 1. The van der Waals surface area contributed by atoms with Gasteiger partial charge in [-0.25, -0.2) is 0 Å². The molecule has 1 atom stereocenters. The third-order valence-electron chi connectivity index (χ3n) is 1.60. The van der Waals surface area contributed by atoms with E-state index in [1.165, 1.54) is 0 Å². The first-order chi connectivity index (χ1) is 5.31. The maximum Gasteiger partial charge on any atom is 0.0548 e. The third-order valence-corrected chi connectivity index (χ3v) is 2.24. The number of rotatable bonds is 7. The van der Waals surface area contributed by atoms with Crippen molar-refractivity contribution < 1.29 is 5.11 Å². The summed E-state index contributed by atoms with van der Waals surface area (Å²) in [5, 5.41) is 9.36.